The minimum absolute atomic E-state index is 0.0420. The molecule has 0 saturated carbocycles. The van der Waals surface area contributed by atoms with Crippen molar-refractivity contribution in [3.63, 3.8) is 0 Å². The number of rotatable bonds is 11. The van der Waals surface area contributed by atoms with E-state index in [1.54, 1.807) is 42.5 Å². The molecule has 0 fully saturated rings. The Morgan fingerprint density at radius 3 is 2.06 bits per heavy atom. The number of benzene rings is 3. The van der Waals surface area contributed by atoms with E-state index in [1.165, 1.54) is 12.1 Å². The van der Waals surface area contributed by atoms with Gasteiger partial charge in [-0.2, -0.15) is 4.31 Å². The van der Waals surface area contributed by atoms with Crippen molar-refractivity contribution in [3.05, 3.63) is 95.8 Å². The van der Waals surface area contributed by atoms with Crippen LogP contribution in [-0.2, 0) is 31.4 Å². The maximum absolute atomic E-state index is 13.3. The van der Waals surface area contributed by atoms with Crippen molar-refractivity contribution < 1.29 is 26.0 Å². The van der Waals surface area contributed by atoms with Gasteiger partial charge in [-0.25, -0.2) is 25.9 Å². The summed E-state index contributed by atoms with van der Waals surface area (Å²) in [6.45, 7) is 1.15. The van der Waals surface area contributed by atoms with Crippen LogP contribution in [0, 0.1) is 12.7 Å². The van der Waals surface area contributed by atoms with Gasteiger partial charge in [-0.3, -0.25) is 4.79 Å². The summed E-state index contributed by atoms with van der Waals surface area (Å²) in [4.78, 5) is 12.5. The van der Waals surface area contributed by atoms with E-state index in [0.717, 1.165) is 34.1 Å². The van der Waals surface area contributed by atoms with Crippen molar-refractivity contribution in [1.29, 1.82) is 0 Å². The van der Waals surface area contributed by atoms with E-state index in [-0.39, 0.29) is 29.4 Å². The van der Waals surface area contributed by atoms with Crippen LogP contribution in [0.5, 0.6) is 0 Å². The summed E-state index contributed by atoms with van der Waals surface area (Å²) in [6.07, 6.45) is 0. The molecule has 0 unspecified atom stereocenters. The summed E-state index contributed by atoms with van der Waals surface area (Å²) in [6, 6.07) is 19.4. The zero-order valence-corrected chi connectivity index (χ0v) is 20.6. The summed E-state index contributed by atoms with van der Waals surface area (Å²) in [5.74, 6) is -1.19. The molecule has 3 aromatic rings. The van der Waals surface area contributed by atoms with Gasteiger partial charge in [-0.05, 0) is 48.9 Å². The lowest BCUT2D eigenvalue weighted by Crippen LogP contribution is -2.42. The molecular weight excluding hydrogens is 493 g/mol. The predicted octanol–water partition coefficient (Wildman–Crippen LogP) is 2.42. The molecule has 0 aromatic heterocycles. The van der Waals surface area contributed by atoms with E-state index >= 15 is 0 Å². The highest BCUT2D eigenvalue weighted by Gasteiger charge is 2.27. The highest BCUT2D eigenvalue weighted by molar-refractivity contribution is 7.89. The Kier molecular flexibility index (Phi) is 8.73. The number of nitrogens with one attached hydrogen (secondary N) is 2. The largest absolute Gasteiger partial charge is 0.354 e. The van der Waals surface area contributed by atoms with Gasteiger partial charge in [0.25, 0.3) is 0 Å². The number of hydrogen-bond acceptors (Lipinski definition) is 5. The second kappa shape index (κ2) is 11.5. The van der Waals surface area contributed by atoms with Gasteiger partial charge in [0, 0.05) is 19.6 Å². The highest BCUT2D eigenvalue weighted by Crippen LogP contribution is 2.19. The average molecular weight is 520 g/mol. The summed E-state index contributed by atoms with van der Waals surface area (Å²) in [7, 11) is -7.85. The number of hydrogen-bond donors (Lipinski definition) is 2. The molecule has 186 valence electrons. The first-order chi connectivity index (χ1) is 16.6. The molecule has 3 rings (SSSR count). The molecule has 1 amide bonds. The second-order valence-corrected chi connectivity index (χ2v) is 11.5. The van der Waals surface area contributed by atoms with Crippen molar-refractivity contribution >= 4 is 26.0 Å². The van der Waals surface area contributed by atoms with E-state index in [9.17, 15) is 26.0 Å². The van der Waals surface area contributed by atoms with Crippen LogP contribution in [0.15, 0.2) is 88.7 Å². The van der Waals surface area contributed by atoms with Gasteiger partial charge in [0.1, 0.15) is 5.82 Å². The third-order valence-corrected chi connectivity index (χ3v) is 8.33. The fraction of sp³-hybridized carbons (Fsp3) is 0.208. The molecular formula is C24H26FN3O5S2. The van der Waals surface area contributed by atoms with Crippen LogP contribution < -0.4 is 10.0 Å². The Morgan fingerprint density at radius 2 is 1.43 bits per heavy atom. The van der Waals surface area contributed by atoms with Gasteiger partial charge >= 0.3 is 0 Å². The van der Waals surface area contributed by atoms with Crippen LogP contribution in [0.25, 0.3) is 0 Å². The molecule has 0 atom stereocenters. The second-order valence-electron chi connectivity index (χ2n) is 7.77. The van der Waals surface area contributed by atoms with Crippen LogP contribution in [0.2, 0.25) is 0 Å². The molecule has 11 heteroatoms. The lowest BCUT2D eigenvalue weighted by molar-refractivity contribution is -0.121. The Morgan fingerprint density at radius 1 is 0.829 bits per heavy atom. The lowest BCUT2D eigenvalue weighted by atomic mass is 10.2. The molecule has 0 aliphatic rings. The highest BCUT2D eigenvalue weighted by atomic mass is 32.2. The molecule has 0 aliphatic carbocycles. The van der Waals surface area contributed by atoms with E-state index in [1.807, 2.05) is 6.92 Å². The summed E-state index contributed by atoms with van der Waals surface area (Å²) in [5.41, 5.74) is 1.59. The molecule has 3 aromatic carbocycles. The van der Waals surface area contributed by atoms with Gasteiger partial charge in [0.2, 0.25) is 26.0 Å². The molecule has 35 heavy (non-hydrogen) atoms. The van der Waals surface area contributed by atoms with E-state index in [0.29, 0.717) is 5.56 Å². The Bertz CT molecular complexity index is 1350. The zero-order valence-electron chi connectivity index (χ0n) is 19.0. The monoisotopic (exact) mass is 519 g/mol. The van der Waals surface area contributed by atoms with E-state index in [2.05, 4.69) is 10.0 Å². The first-order valence-corrected chi connectivity index (χ1v) is 13.6. The van der Waals surface area contributed by atoms with Crippen molar-refractivity contribution in [1.82, 2.24) is 14.3 Å². The Balaban J connectivity index is 1.64. The predicted molar refractivity (Wildman–Crippen MR) is 130 cm³/mol. The van der Waals surface area contributed by atoms with Gasteiger partial charge in [-0.15, -0.1) is 0 Å². The van der Waals surface area contributed by atoms with Crippen molar-refractivity contribution in [2.75, 3.05) is 19.6 Å². The van der Waals surface area contributed by atoms with Crippen molar-refractivity contribution in [2.24, 2.45) is 0 Å². The fourth-order valence-corrected chi connectivity index (χ4v) is 5.59. The van der Waals surface area contributed by atoms with Crippen LogP contribution >= 0.6 is 0 Å². The topological polar surface area (TPSA) is 113 Å². The third-order valence-electron chi connectivity index (χ3n) is 5.04. The molecule has 0 bridgehead atoms. The molecule has 0 aliphatic heterocycles. The maximum atomic E-state index is 13.3. The summed E-state index contributed by atoms with van der Waals surface area (Å²) in [5, 5.41) is 2.53. The Hall–Kier alpha value is -3.12. The number of sulfonamides is 2. The van der Waals surface area contributed by atoms with Crippen LogP contribution in [0.4, 0.5) is 4.39 Å². The van der Waals surface area contributed by atoms with Crippen LogP contribution in [-0.4, -0.2) is 46.7 Å². The standard InChI is InChI=1S/C24H26FN3O5S2/c1-19-7-11-22(12-8-19)34(30,31)27-16-15-26-24(29)18-28(17-20-5-3-2-4-6-20)35(32,33)23-13-9-21(25)10-14-23/h2-14,27H,15-18H2,1H3,(H,26,29). The van der Waals surface area contributed by atoms with E-state index in [4.69, 9.17) is 0 Å². The third kappa shape index (κ3) is 7.43. The van der Waals surface area contributed by atoms with Gasteiger partial charge < -0.3 is 5.32 Å². The fourth-order valence-electron chi connectivity index (χ4n) is 3.17. The average Bonchev–Trinajstić information content (AvgIpc) is 2.83. The van der Waals surface area contributed by atoms with E-state index < -0.39 is 38.3 Å². The molecule has 0 saturated heterocycles. The van der Waals surface area contributed by atoms with Crippen LogP contribution in [0.3, 0.4) is 0 Å². The van der Waals surface area contributed by atoms with Gasteiger partial charge in [0.15, 0.2) is 0 Å². The number of nitrogens with zero attached hydrogens (tertiary/aromatic N) is 1. The molecule has 0 radical (unpaired) electrons. The summed E-state index contributed by atoms with van der Waals surface area (Å²) >= 11 is 0. The van der Waals surface area contributed by atoms with Crippen molar-refractivity contribution in [2.45, 2.75) is 23.3 Å². The molecule has 0 heterocycles. The molecule has 0 spiro atoms. The first kappa shape index (κ1) is 26.5. The number of aryl methyl sites for hydroxylation is 1. The summed E-state index contributed by atoms with van der Waals surface area (Å²) < 4.78 is 67.7. The van der Waals surface area contributed by atoms with Gasteiger partial charge in [0.05, 0.1) is 16.3 Å². The lowest BCUT2D eigenvalue weighted by Gasteiger charge is -2.22. The molecule has 8 nitrogen and oxygen atoms in total. The smallest absolute Gasteiger partial charge is 0.243 e. The number of carbonyl (C=O) groups is 1. The normalized spacial score (nSPS) is 12.0. The Labute approximate surface area is 204 Å². The zero-order chi connectivity index (χ0) is 25.5. The van der Waals surface area contributed by atoms with Crippen LogP contribution in [0.1, 0.15) is 11.1 Å². The first-order valence-electron chi connectivity index (χ1n) is 10.7. The number of halogens is 1. The SMILES string of the molecule is Cc1ccc(S(=O)(=O)NCCNC(=O)CN(Cc2ccccc2)S(=O)(=O)c2ccc(F)cc2)cc1. The van der Waals surface area contributed by atoms with Gasteiger partial charge in [-0.1, -0.05) is 48.0 Å². The quantitative estimate of drug-likeness (QED) is 0.378. The van der Waals surface area contributed by atoms with Crippen molar-refractivity contribution in [3.8, 4) is 0 Å². The minimum Gasteiger partial charge on any atom is -0.354 e. The number of amides is 1. The molecule has 2 N–H and O–H groups in total. The minimum atomic E-state index is -4.11. The maximum Gasteiger partial charge on any atom is 0.243 e. The number of carbonyl (C=O) groups excluding carboxylic acids is 1.